The third-order valence-electron chi connectivity index (χ3n) is 1.75. The lowest BCUT2D eigenvalue weighted by Gasteiger charge is -2.12. The maximum atomic E-state index is 12.2. The summed E-state index contributed by atoms with van der Waals surface area (Å²) in [6.07, 6.45) is 0. The SMILES string of the molecule is CCOC(=O)c1c(Br)ccc(Cl)c1OC(F)F. The van der Waals surface area contributed by atoms with Crippen LogP contribution in [0.2, 0.25) is 5.02 Å². The molecule has 0 saturated heterocycles. The van der Waals surface area contributed by atoms with E-state index in [-0.39, 0.29) is 21.7 Å². The topological polar surface area (TPSA) is 35.5 Å². The van der Waals surface area contributed by atoms with Crippen molar-refractivity contribution in [2.24, 2.45) is 0 Å². The zero-order valence-electron chi connectivity index (χ0n) is 8.68. The molecule has 0 radical (unpaired) electrons. The Labute approximate surface area is 110 Å². The first kappa shape index (κ1) is 14.2. The van der Waals surface area contributed by atoms with Crippen molar-refractivity contribution in [1.29, 1.82) is 0 Å². The number of hydrogen-bond donors (Lipinski definition) is 0. The van der Waals surface area contributed by atoms with Crippen molar-refractivity contribution in [1.82, 2.24) is 0 Å². The van der Waals surface area contributed by atoms with Gasteiger partial charge in [-0.05, 0) is 35.0 Å². The van der Waals surface area contributed by atoms with Gasteiger partial charge in [-0.3, -0.25) is 0 Å². The molecule has 7 heteroatoms. The molecule has 1 aromatic rings. The van der Waals surface area contributed by atoms with Crippen molar-refractivity contribution in [2.75, 3.05) is 6.61 Å². The van der Waals surface area contributed by atoms with E-state index in [1.165, 1.54) is 12.1 Å². The standard InChI is InChI=1S/C10H8BrClF2O3/c1-2-16-9(15)7-5(11)3-4-6(12)8(7)17-10(13)14/h3-4,10H,2H2,1H3. The molecule has 0 N–H and O–H groups in total. The first-order chi connectivity index (χ1) is 7.97. The van der Waals surface area contributed by atoms with Crippen LogP contribution in [0.15, 0.2) is 16.6 Å². The fourth-order valence-corrected chi connectivity index (χ4v) is 1.81. The summed E-state index contributed by atoms with van der Waals surface area (Å²) in [4.78, 5) is 11.6. The molecule has 17 heavy (non-hydrogen) atoms. The van der Waals surface area contributed by atoms with Gasteiger partial charge in [0.1, 0.15) is 5.56 Å². The smallest absolute Gasteiger partial charge is 0.387 e. The van der Waals surface area contributed by atoms with Gasteiger partial charge in [0.05, 0.1) is 11.6 Å². The van der Waals surface area contributed by atoms with Crippen LogP contribution < -0.4 is 4.74 Å². The summed E-state index contributed by atoms with van der Waals surface area (Å²) in [5.74, 6) is -1.17. The number of rotatable bonds is 4. The number of alkyl halides is 2. The van der Waals surface area contributed by atoms with Gasteiger partial charge in [0.25, 0.3) is 0 Å². The minimum absolute atomic E-state index is 0.0865. The molecule has 1 aromatic carbocycles. The summed E-state index contributed by atoms with van der Waals surface area (Å²) in [5.41, 5.74) is -0.153. The highest BCUT2D eigenvalue weighted by Crippen LogP contribution is 2.35. The maximum absolute atomic E-state index is 12.2. The first-order valence-corrected chi connectivity index (χ1v) is 5.74. The average Bonchev–Trinajstić information content (AvgIpc) is 2.23. The molecule has 0 unspecified atom stereocenters. The Morgan fingerprint density at radius 3 is 2.71 bits per heavy atom. The van der Waals surface area contributed by atoms with Gasteiger partial charge >= 0.3 is 12.6 Å². The number of ether oxygens (including phenoxy) is 2. The molecule has 0 spiro atoms. The lowest BCUT2D eigenvalue weighted by molar-refractivity contribution is -0.0504. The molecule has 0 bridgehead atoms. The van der Waals surface area contributed by atoms with Gasteiger partial charge in [0.2, 0.25) is 0 Å². The first-order valence-electron chi connectivity index (χ1n) is 4.57. The van der Waals surface area contributed by atoms with Crippen molar-refractivity contribution in [2.45, 2.75) is 13.5 Å². The Kier molecular flexibility index (Phi) is 5.14. The molecule has 0 fully saturated rings. The highest BCUT2D eigenvalue weighted by molar-refractivity contribution is 9.10. The Morgan fingerprint density at radius 1 is 1.53 bits per heavy atom. The van der Waals surface area contributed by atoms with E-state index in [1.807, 2.05) is 0 Å². The van der Waals surface area contributed by atoms with Crippen LogP contribution in [0.1, 0.15) is 17.3 Å². The molecule has 0 aliphatic heterocycles. The van der Waals surface area contributed by atoms with Gasteiger partial charge < -0.3 is 9.47 Å². The van der Waals surface area contributed by atoms with Gasteiger partial charge in [-0.25, -0.2) is 4.79 Å². The Bertz CT molecular complexity index is 426. The van der Waals surface area contributed by atoms with E-state index in [0.29, 0.717) is 0 Å². The summed E-state index contributed by atoms with van der Waals surface area (Å²) in [5, 5.41) is -0.0865. The Morgan fingerprint density at radius 2 is 2.18 bits per heavy atom. The predicted octanol–water partition coefficient (Wildman–Crippen LogP) is 3.88. The Balaban J connectivity index is 3.24. The van der Waals surface area contributed by atoms with Crippen molar-refractivity contribution in [3.8, 4) is 5.75 Å². The van der Waals surface area contributed by atoms with Crippen molar-refractivity contribution in [3.05, 3.63) is 27.2 Å². The molecular weight excluding hydrogens is 321 g/mol. The lowest BCUT2D eigenvalue weighted by atomic mass is 10.2. The van der Waals surface area contributed by atoms with Crippen molar-refractivity contribution in [3.63, 3.8) is 0 Å². The quantitative estimate of drug-likeness (QED) is 0.786. The molecule has 1 rings (SSSR count). The number of halogens is 4. The van der Waals surface area contributed by atoms with Gasteiger partial charge in [0.15, 0.2) is 5.75 Å². The summed E-state index contributed by atoms with van der Waals surface area (Å²) in [6.45, 7) is -1.36. The largest absolute Gasteiger partial charge is 0.462 e. The Hall–Kier alpha value is -0.880. The molecule has 0 atom stereocenters. The molecule has 0 saturated carbocycles. The van der Waals surface area contributed by atoms with E-state index >= 15 is 0 Å². The van der Waals surface area contributed by atoms with Crippen molar-refractivity contribution < 1.29 is 23.0 Å². The van der Waals surface area contributed by atoms with Crippen LogP contribution >= 0.6 is 27.5 Å². The van der Waals surface area contributed by atoms with E-state index in [4.69, 9.17) is 16.3 Å². The summed E-state index contributed by atoms with van der Waals surface area (Å²) in [6, 6.07) is 2.79. The number of carbonyl (C=O) groups is 1. The van der Waals surface area contributed by atoms with Gasteiger partial charge in [0, 0.05) is 4.47 Å². The van der Waals surface area contributed by atoms with E-state index in [1.54, 1.807) is 6.92 Å². The van der Waals surface area contributed by atoms with Crippen LogP contribution in [-0.4, -0.2) is 19.2 Å². The van der Waals surface area contributed by atoms with E-state index in [9.17, 15) is 13.6 Å². The zero-order chi connectivity index (χ0) is 13.0. The molecule has 94 valence electrons. The predicted molar refractivity (Wildman–Crippen MR) is 61.7 cm³/mol. The number of carbonyl (C=O) groups excluding carboxylic acids is 1. The highest BCUT2D eigenvalue weighted by atomic mass is 79.9. The molecule has 0 aromatic heterocycles. The van der Waals surface area contributed by atoms with Crippen LogP contribution in [0.5, 0.6) is 5.75 Å². The minimum atomic E-state index is -3.07. The molecule has 0 amide bonds. The van der Waals surface area contributed by atoms with Crippen LogP contribution in [0, 0.1) is 0 Å². The maximum Gasteiger partial charge on any atom is 0.387 e. The van der Waals surface area contributed by atoms with Gasteiger partial charge in [-0.1, -0.05) is 11.6 Å². The molecular formula is C10H8BrClF2O3. The normalized spacial score (nSPS) is 10.5. The molecule has 0 aliphatic carbocycles. The molecule has 0 aliphatic rings. The number of benzene rings is 1. The van der Waals surface area contributed by atoms with E-state index < -0.39 is 18.3 Å². The van der Waals surface area contributed by atoms with E-state index in [2.05, 4.69) is 20.7 Å². The summed E-state index contributed by atoms with van der Waals surface area (Å²) in [7, 11) is 0. The second-order valence-corrected chi connectivity index (χ2v) is 4.09. The number of hydrogen-bond acceptors (Lipinski definition) is 3. The second kappa shape index (κ2) is 6.16. The minimum Gasteiger partial charge on any atom is -0.462 e. The van der Waals surface area contributed by atoms with Crippen LogP contribution in [-0.2, 0) is 4.74 Å². The van der Waals surface area contributed by atoms with E-state index in [0.717, 1.165) is 0 Å². The molecule has 0 heterocycles. The summed E-state index contributed by atoms with van der Waals surface area (Å²) < 4.78 is 33.7. The monoisotopic (exact) mass is 328 g/mol. The fraction of sp³-hybridized carbons (Fsp3) is 0.300. The number of esters is 1. The van der Waals surface area contributed by atoms with Crippen molar-refractivity contribution >= 4 is 33.5 Å². The summed E-state index contributed by atoms with van der Waals surface area (Å²) >= 11 is 8.76. The molecule has 3 nitrogen and oxygen atoms in total. The third-order valence-corrected chi connectivity index (χ3v) is 2.70. The van der Waals surface area contributed by atoms with Gasteiger partial charge in [-0.15, -0.1) is 0 Å². The second-order valence-electron chi connectivity index (χ2n) is 2.83. The van der Waals surface area contributed by atoms with Crippen LogP contribution in [0.4, 0.5) is 8.78 Å². The lowest BCUT2D eigenvalue weighted by Crippen LogP contribution is -2.11. The van der Waals surface area contributed by atoms with Crippen LogP contribution in [0.3, 0.4) is 0 Å². The van der Waals surface area contributed by atoms with Crippen LogP contribution in [0.25, 0.3) is 0 Å². The fourth-order valence-electron chi connectivity index (χ4n) is 1.13. The average molecular weight is 330 g/mol. The highest BCUT2D eigenvalue weighted by Gasteiger charge is 2.23. The zero-order valence-corrected chi connectivity index (χ0v) is 11.0. The van der Waals surface area contributed by atoms with Gasteiger partial charge in [-0.2, -0.15) is 8.78 Å². The third kappa shape index (κ3) is 3.54.